The second-order valence-corrected chi connectivity index (χ2v) is 8.49. The summed E-state index contributed by atoms with van der Waals surface area (Å²) in [5.41, 5.74) is 0.530. The van der Waals surface area contributed by atoms with Crippen molar-refractivity contribution in [2.75, 3.05) is 0 Å². The number of alkyl halides is 3. The molecule has 5 rings (SSSR count). The zero-order valence-electron chi connectivity index (χ0n) is 17.1. The fourth-order valence-electron chi connectivity index (χ4n) is 3.56. The molecule has 1 aromatic carbocycles. The SMILES string of the molecule is N#Cc1cn(SF)c2nc(Cl)nc(OCc3ccc(-c4nc(C(F)(F)F)cn4C4CC4)cc3)c12. The lowest BCUT2D eigenvalue weighted by atomic mass is 10.1. The zero-order valence-corrected chi connectivity index (χ0v) is 18.6. The summed E-state index contributed by atoms with van der Waals surface area (Å²) in [5, 5.41) is 9.41. The predicted octanol–water partition coefficient (Wildman–Crippen LogP) is 6.13. The topological polar surface area (TPSA) is 81.6 Å². The molecule has 174 valence electrons. The Kier molecular flexibility index (Phi) is 5.61. The van der Waals surface area contributed by atoms with E-state index >= 15 is 0 Å². The van der Waals surface area contributed by atoms with Gasteiger partial charge in [-0.05, 0) is 30.0 Å². The van der Waals surface area contributed by atoms with Gasteiger partial charge in [0.1, 0.15) is 23.9 Å². The van der Waals surface area contributed by atoms with Crippen LogP contribution in [-0.4, -0.2) is 23.5 Å². The molecular weight excluding hydrogens is 496 g/mol. The zero-order chi connectivity index (χ0) is 24.0. The van der Waals surface area contributed by atoms with Crippen molar-refractivity contribution in [3.05, 3.63) is 58.8 Å². The Balaban J connectivity index is 1.41. The second-order valence-electron chi connectivity index (χ2n) is 7.62. The van der Waals surface area contributed by atoms with Gasteiger partial charge in [-0.15, -0.1) is 3.89 Å². The van der Waals surface area contributed by atoms with Crippen molar-refractivity contribution in [3.8, 4) is 23.3 Å². The van der Waals surface area contributed by atoms with Gasteiger partial charge in [0.25, 0.3) is 0 Å². The molecule has 0 radical (unpaired) electrons. The average Bonchev–Trinajstić information content (AvgIpc) is 3.44. The number of benzene rings is 1. The minimum Gasteiger partial charge on any atom is -0.472 e. The summed E-state index contributed by atoms with van der Waals surface area (Å²) >= 11 is 5.79. The number of hydrogen-bond donors (Lipinski definition) is 0. The largest absolute Gasteiger partial charge is 0.472 e. The third kappa shape index (κ3) is 4.17. The van der Waals surface area contributed by atoms with Crippen molar-refractivity contribution in [2.24, 2.45) is 0 Å². The summed E-state index contributed by atoms with van der Waals surface area (Å²) < 4.78 is 61.1. The summed E-state index contributed by atoms with van der Waals surface area (Å²) in [4.78, 5) is 11.8. The molecule has 0 N–H and O–H groups in total. The minimum absolute atomic E-state index is 0.0162. The fraction of sp³-hybridized carbons (Fsp3) is 0.238. The van der Waals surface area contributed by atoms with E-state index in [0.717, 1.165) is 23.0 Å². The molecule has 0 unspecified atom stereocenters. The maximum Gasteiger partial charge on any atom is 0.434 e. The smallest absolute Gasteiger partial charge is 0.434 e. The third-order valence-corrected chi connectivity index (χ3v) is 5.90. The molecule has 1 aliphatic rings. The van der Waals surface area contributed by atoms with Crippen molar-refractivity contribution in [1.29, 1.82) is 5.26 Å². The lowest BCUT2D eigenvalue weighted by Crippen LogP contribution is -2.05. The number of halogens is 5. The Hall–Kier alpha value is -3.30. The van der Waals surface area contributed by atoms with E-state index in [1.165, 1.54) is 6.20 Å². The number of nitrogens with zero attached hydrogens (tertiary/aromatic N) is 6. The van der Waals surface area contributed by atoms with Gasteiger partial charge in [0.05, 0.1) is 5.56 Å². The Morgan fingerprint density at radius 3 is 2.50 bits per heavy atom. The van der Waals surface area contributed by atoms with Crippen LogP contribution in [-0.2, 0) is 12.8 Å². The van der Waals surface area contributed by atoms with E-state index in [9.17, 15) is 22.3 Å². The van der Waals surface area contributed by atoms with Crippen LogP contribution >= 0.6 is 23.9 Å². The van der Waals surface area contributed by atoms with Gasteiger partial charge in [0, 0.05) is 24.0 Å². The molecule has 4 aromatic rings. The van der Waals surface area contributed by atoms with E-state index in [0.29, 0.717) is 11.1 Å². The molecule has 0 amide bonds. The van der Waals surface area contributed by atoms with E-state index in [1.54, 1.807) is 28.8 Å². The standard InChI is InChI=1S/C21H13ClF4N6OS/c22-20-29-18-16(13(7-27)8-32(18)34-26)19(30-20)33-10-11-1-3-12(4-2-11)17-28-15(21(23,24)25)9-31(17)14-5-6-14/h1-4,8-9,14H,5-6,10H2. The fourth-order valence-corrected chi connectivity index (χ4v) is 4.06. The number of fused-ring (bicyclic) bond motifs is 1. The second kappa shape index (κ2) is 8.48. The number of imidazole rings is 1. The first-order valence-electron chi connectivity index (χ1n) is 9.94. The molecule has 0 aliphatic heterocycles. The van der Waals surface area contributed by atoms with E-state index in [-0.39, 0.29) is 58.6 Å². The molecule has 0 spiro atoms. The molecule has 7 nitrogen and oxygen atoms in total. The summed E-state index contributed by atoms with van der Waals surface area (Å²) in [6, 6.07) is 8.70. The van der Waals surface area contributed by atoms with Gasteiger partial charge >= 0.3 is 6.18 Å². The molecule has 1 fully saturated rings. The van der Waals surface area contributed by atoms with Crippen LogP contribution in [0.1, 0.15) is 35.7 Å². The van der Waals surface area contributed by atoms with Crippen molar-refractivity contribution < 1.29 is 21.8 Å². The van der Waals surface area contributed by atoms with Crippen molar-refractivity contribution >= 4 is 35.0 Å². The molecule has 1 aliphatic carbocycles. The van der Waals surface area contributed by atoms with Gasteiger partial charge in [-0.25, -0.2) is 8.96 Å². The van der Waals surface area contributed by atoms with Crippen molar-refractivity contribution in [2.45, 2.75) is 31.7 Å². The maximum atomic E-state index is 13.2. The van der Waals surface area contributed by atoms with E-state index in [1.807, 2.05) is 6.07 Å². The summed E-state index contributed by atoms with van der Waals surface area (Å²) in [6.07, 6.45) is -0.567. The Morgan fingerprint density at radius 2 is 1.88 bits per heavy atom. The summed E-state index contributed by atoms with van der Waals surface area (Å²) in [7, 11) is 0. The quantitative estimate of drug-likeness (QED) is 0.230. The van der Waals surface area contributed by atoms with Crippen LogP contribution in [0.25, 0.3) is 22.4 Å². The lowest BCUT2D eigenvalue weighted by Gasteiger charge is -2.09. The molecule has 1 saturated carbocycles. The third-order valence-electron chi connectivity index (χ3n) is 5.30. The summed E-state index contributed by atoms with van der Waals surface area (Å²) in [5.74, 6) is 0.276. The number of hydrogen-bond acceptors (Lipinski definition) is 6. The van der Waals surface area contributed by atoms with Crippen LogP contribution in [0.15, 0.2) is 36.7 Å². The Labute approximate surface area is 199 Å². The van der Waals surface area contributed by atoms with E-state index < -0.39 is 11.9 Å². The van der Waals surface area contributed by atoms with Crippen LogP contribution in [0.4, 0.5) is 17.1 Å². The molecule has 3 aromatic heterocycles. The minimum atomic E-state index is -4.52. The molecule has 34 heavy (non-hydrogen) atoms. The van der Waals surface area contributed by atoms with Gasteiger partial charge in [0.2, 0.25) is 11.2 Å². The first-order valence-corrected chi connectivity index (χ1v) is 11.0. The van der Waals surface area contributed by atoms with Gasteiger partial charge in [-0.1, -0.05) is 24.3 Å². The van der Waals surface area contributed by atoms with Crippen LogP contribution in [0, 0.1) is 11.3 Å². The van der Waals surface area contributed by atoms with Gasteiger partial charge in [-0.2, -0.15) is 28.4 Å². The van der Waals surface area contributed by atoms with Crippen molar-refractivity contribution in [3.63, 3.8) is 0 Å². The molecule has 0 atom stereocenters. The molecule has 0 bridgehead atoms. The van der Waals surface area contributed by atoms with Crippen LogP contribution < -0.4 is 4.74 Å². The van der Waals surface area contributed by atoms with Crippen LogP contribution in [0.2, 0.25) is 5.28 Å². The highest BCUT2D eigenvalue weighted by atomic mass is 35.5. The monoisotopic (exact) mass is 508 g/mol. The lowest BCUT2D eigenvalue weighted by molar-refractivity contribution is -0.140. The van der Waals surface area contributed by atoms with Gasteiger partial charge < -0.3 is 9.30 Å². The highest BCUT2D eigenvalue weighted by Crippen LogP contribution is 2.41. The van der Waals surface area contributed by atoms with Crippen LogP contribution in [0.5, 0.6) is 5.88 Å². The normalized spacial score (nSPS) is 13.9. The average molecular weight is 509 g/mol. The van der Waals surface area contributed by atoms with Gasteiger partial charge in [0.15, 0.2) is 23.7 Å². The first kappa shape index (κ1) is 22.5. The number of nitriles is 1. The van der Waals surface area contributed by atoms with E-state index in [2.05, 4.69) is 15.0 Å². The number of ether oxygens (including phenoxy) is 1. The molecular formula is C21H13ClF4N6OS. The highest BCUT2D eigenvalue weighted by molar-refractivity contribution is 7.92. The maximum absolute atomic E-state index is 13.2. The first-order chi connectivity index (χ1) is 16.3. The van der Waals surface area contributed by atoms with Crippen molar-refractivity contribution in [1.82, 2.24) is 23.5 Å². The summed E-state index contributed by atoms with van der Waals surface area (Å²) in [6.45, 7) is 0.0202. The number of aromatic nitrogens is 5. The molecule has 13 heteroatoms. The number of rotatable bonds is 6. The molecule has 0 saturated heterocycles. The van der Waals surface area contributed by atoms with Crippen LogP contribution in [0.3, 0.4) is 0 Å². The van der Waals surface area contributed by atoms with E-state index in [4.69, 9.17) is 16.3 Å². The Bertz CT molecular complexity index is 1420. The molecule has 3 heterocycles. The highest BCUT2D eigenvalue weighted by Gasteiger charge is 2.37. The Morgan fingerprint density at radius 1 is 1.15 bits per heavy atom. The van der Waals surface area contributed by atoms with Gasteiger partial charge in [-0.3, -0.25) is 0 Å². The predicted molar refractivity (Wildman–Crippen MR) is 117 cm³/mol.